The molecule has 0 fully saturated rings. The van der Waals surface area contributed by atoms with E-state index in [1.807, 2.05) is 0 Å². The molecule has 0 saturated heterocycles. The van der Waals surface area contributed by atoms with Gasteiger partial charge in [-0.25, -0.2) is 4.39 Å². The summed E-state index contributed by atoms with van der Waals surface area (Å²) < 4.78 is 50.9. The summed E-state index contributed by atoms with van der Waals surface area (Å²) in [5, 5.41) is 8.94. The molecule has 1 aromatic rings. The van der Waals surface area contributed by atoms with E-state index in [0.717, 1.165) is 6.07 Å². The van der Waals surface area contributed by atoms with E-state index in [2.05, 4.69) is 20.7 Å². The van der Waals surface area contributed by atoms with Crippen molar-refractivity contribution in [3.63, 3.8) is 0 Å². The molecule has 0 radical (unpaired) electrons. The van der Waals surface area contributed by atoms with E-state index >= 15 is 0 Å². The summed E-state index contributed by atoms with van der Waals surface area (Å²) in [6, 6.07) is 1.27. The number of alkyl halides is 3. The molecule has 14 heavy (non-hydrogen) atoms. The number of rotatable bonds is 1. The van der Waals surface area contributed by atoms with Crippen molar-refractivity contribution in [2.75, 3.05) is 0 Å². The standard InChI is InChI=1S/C7H3BrF4O2/c8-4-1-3(9)2-5(13)6(4)14-7(10,11)12/h1-2,13H. The van der Waals surface area contributed by atoms with Gasteiger partial charge in [-0.3, -0.25) is 0 Å². The van der Waals surface area contributed by atoms with Crippen molar-refractivity contribution in [1.82, 2.24) is 0 Å². The number of phenols is 1. The molecule has 0 atom stereocenters. The van der Waals surface area contributed by atoms with E-state index in [9.17, 15) is 17.6 Å². The summed E-state index contributed by atoms with van der Waals surface area (Å²) in [5.41, 5.74) is 0. The third-order valence-electron chi connectivity index (χ3n) is 1.21. The lowest BCUT2D eigenvalue weighted by Crippen LogP contribution is -2.17. The van der Waals surface area contributed by atoms with E-state index in [4.69, 9.17) is 5.11 Å². The topological polar surface area (TPSA) is 29.5 Å². The Kier molecular flexibility index (Phi) is 2.89. The maximum atomic E-state index is 12.5. The Morgan fingerprint density at radius 3 is 2.29 bits per heavy atom. The van der Waals surface area contributed by atoms with Crippen LogP contribution in [0.5, 0.6) is 11.5 Å². The second-order valence-electron chi connectivity index (χ2n) is 2.28. The molecule has 0 heterocycles. The van der Waals surface area contributed by atoms with Gasteiger partial charge in [-0.15, -0.1) is 13.2 Å². The Labute approximate surface area is 84.2 Å². The molecule has 7 heteroatoms. The van der Waals surface area contributed by atoms with Gasteiger partial charge >= 0.3 is 6.36 Å². The van der Waals surface area contributed by atoms with Crippen LogP contribution >= 0.6 is 15.9 Å². The average Bonchev–Trinajstić information content (AvgIpc) is 1.95. The van der Waals surface area contributed by atoms with Crippen LogP contribution in [-0.4, -0.2) is 11.5 Å². The Morgan fingerprint density at radius 1 is 1.29 bits per heavy atom. The Bertz CT molecular complexity index is 327. The Balaban J connectivity index is 3.09. The fraction of sp³-hybridized carbons (Fsp3) is 0.143. The first-order valence-electron chi connectivity index (χ1n) is 3.23. The zero-order chi connectivity index (χ0) is 10.9. The summed E-state index contributed by atoms with van der Waals surface area (Å²) in [4.78, 5) is 0. The summed E-state index contributed by atoms with van der Waals surface area (Å²) in [6.45, 7) is 0. The highest BCUT2D eigenvalue weighted by Crippen LogP contribution is 2.38. The molecule has 0 amide bonds. The van der Waals surface area contributed by atoms with Crippen molar-refractivity contribution in [2.45, 2.75) is 6.36 Å². The van der Waals surface area contributed by atoms with Crippen LogP contribution in [0.15, 0.2) is 16.6 Å². The molecule has 1 aromatic carbocycles. The lowest BCUT2D eigenvalue weighted by molar-refractivity contribution is -0.275. The van der Waals surface area contributed by atoms with E-state index < -0.39 is 23.7 Å². The third kappa shape index (κ3) is 2.76. The molecule has 0 aromatic heterocycles. The van der Waals surface area contributed by atoms with Crippen LogP contribution in [0.1, 0.15) is 0 Å². The molecule has 1 rings (SSSR count). The van der Waals surface area contributed by atoms with Crippen LogP contribution in [0.25, 0.3) is 0 Å². The van der Waals surface area contributed by atoms with Crippen molar-refractivity contribution in [3.05, 3.63) is 22.4 Å². The predicted molar refractivity (Wildman–Crippen MR) is 42.4 cm³/mol. The smallest absolute Gasteiger partial charge is 0.504 e. The van der Waals surface area contributed by atoms with Gasteiger partial charge in [0.1, 0.15) is 5.82 Å². The molecule has 0 saturated carbocycles. The average molecular weight is 275 g/mol. The minimum atomic E-state index is -4.93. The van der Waals surface area contributed by atoms with Gasteiger partial charge in [-0.1, -0.05) is 0 Å². The van der Waals surface area contributed by atoms with Gasteiger partial charge in [0.15, 0.2) is 11.5 Å². The summed E-state index contributed by atoms with van der Waals surface area (Å²) in [6.07, 6.45) is -4.93. The van der Waals surface area contributed by atoms with Gasteiger partial charge in [0.2, 0.25) is 0 Å². The largest absolute Gasteiger partial charge is 0.573 e. The molecule has 0 unspecified atom stereocenters. The minimum absolute atomic E-state index is 0.313. The van der Waals surface area contributed by atoms with Crippen LogP contribution in [0.2, 0.25) is 0 Å². The fourth-order valence-corrected chi connectivity index (χ4v) is 1.27. The highest BCUT2D eigenvalue weighted by molar-refractivity contribution is 9.10. The van der Waals surface area contributed by atoms with Crippen molar-refractivity contribution in [3.8, 4) is 11.5 Å². The lowest BCUT2D eigenvalue weighted by atomic mass is 10.3. The van der Waals surface area contributed by atoms with E-state index in [-0.39, 0.29) is 4.47 Å². The van der Waals surface area contributed by atoms with E-state index in [1.54, 1.807) is 0 Å². The van der Waals surface area contributed by atoms with Gasteiger partial charge in [0.25, 0.3) is 0 Å². The molecular formula is C7H3BrF4O2. The van der Waals surface area contributed by atoms with Gasteiger partial charge in [0.05, 0.1) is 4.47 Å². The number of halogens is 5. The first-order chi connectivity index (χ1) is 6.29. The van der Waals surface area contributed by atoms with Gasteiger partial charge in [0, 0.05) is 6.07 Å². The second kappa shape index (κ2) is 3.64. The SMILES string of the molecule is Oc1cc(F)cc(Br)c1OC(F)(F)F. The highest BCUT2D eigenvalue weighted by atomic mass is 79.9. The maximum absolute atomic E-state index is 12.5. The van der Waals surface area contributed by atoms with Crippen LogP contribution in [-0.2, 0) is 0 Å². The molecule has 2 nitrogen and oxygen atoms in total. The predicted octanol–water partition coefficient (Wildman–Crippen LogP) is 3.19. The van der Waals surface area contributed by atoms with Crippen LogP contribution < -0.4 is 4.74 Å². The van der Waals surface area contributed by atoms with E-state index in [1.165, 1.54) is 0 Å². The summed E-state index contributed by atoms with van der Waals surface area (Å²) in [7, 11) is 0. The first-order valence-corrected chi connectivity index (χ1v) is 4.02. The number of ether oxygens (including phenoxy) is 1. The van der Waals surface area contributed by atoms with Crippen molar-refractivity contribution >= 4 is 15.9 Å². The summed E-state index contributed by atoms with van der Waals surface area (Å²) >= 11 is 2.63. The Hall–Kier alpha value is -0.980. The highest BCUT2D eigenvalue weighted by Gasteiger charge is 2.33. The monoisotopic (exact) mass is 274 g/mol. The second-order valence-corrected chi connectivity index (χ2v) is 3.14. The van der Waals surface area contributed by atoms with Crippen LogP contribution in [0.3, 0.4) is 0 Å². The normalized spacial score (nSPS) is 11.5. The number of hydrogen-bond acceptors (Lipinski definition) is 2. The molecule has 1 N–H and O–H groups in total. The Morgan fingerprint density at radius 2 is 1.86 bits per heavy atom. The molecule has 78 valence electrons. The minimum Gasteiger partial charge on any atom is -0.504 e. The van der Waals surface area contributed by atoms with E-state index in [0.29, 0.717) is 6.07 Å². The zero-order valence-corrected chi connectivity index (χ0v) is 7.99. The number of benzene rings is 1. The number of aromatic hydroxyl groups is 1. The van der Waals surface area contributed by atoms with Crippen molar-refractivity contribution < 1.29 is 27.4 Å². The first kappa shape index (κ1) is 11.1. The van der Waals surface area contributed by atoms with Crippen LogP contribution in [0.4, 0.5) is 17.6 Å². The molecule has 0 spiro atoms. The van der Waals surface area contributed by atoms with Crippen molar-refractivity contribution in [2.24, 2.45) is 0 Å². The number of phenolic OH excluding ortho intramolecular Hbond substituents is 1. The zero-order valence-electron chi connectivity index (χ0n) is 6.40. The van der Waals surface area contributed by atoms with Crippen molar-refractivity contribution in [1.29, 1.82) is 0 Å². The third-order valence-corrected chi connectivity index (χ3v) is 1.80. The van der Waals surface area contributed by atoms with Crippen LogP contribution in [0, 0.1) is 5.82 Å². The molecule has 0 aliphatic heterocycles. The van der Waals surface area contributed by atoms with Gasteiger partial charge < -0.3 is 9.84 Å². The quantitative estimate of drug-likeness (QED) is 0.797. The summed E-state index contributed by atoms with van der Waals surface area (Å²) in [5.74, 6) is -2.66. The molecule has 0 aliphatic carbocycles. The molecular weight excluding hydrogens is 272 g/mol. The molecule has 0 aliphatic rings. The fourth-order valence-electron chi connectivity index (χ4n) is 0.764. The van der Waals surface area contributed by atoms with Gasteiger partial charge in [-0.05, 0) is 22.0 Å². The maximum Gasteiger partial charge on any atom is 0.573 e. The molecule has 0 bridgehead atoms. The lowest BCUT2D eigenvalue weighted by Gasteiger charge is -2.11. The number of hydrogen-bond donors (Lipinski definition) is 1. The van der Waals surface area contributed by atoms with Gasteiger partial charge in [-0.2, -0.15) is 0 Å².